The molecule has 0 radical (unpaired) electrons. The highest BCUT2D eigenvalue weighted by Crippen LogP contribution is 2.16. The van der Waals surface area contributed by atoms with Crippen LogP contribution in [0.4, 0.5) is 0 Å². The van der Waals surface area contributed by atoms with Crippen molar-refractivity contribution in [3.8, 4) is 11.9 Å². The Morgan fingerprint density at radius 1 is 1.30 bits per heavy atom. The number of rotatable bonds is 3. The van der Waals surface area contributed by atoms with Crippen LogP contribution in [0.15, 0.2) is 33.7 Å². The molecule has 0 unspecified atom stereocenters. The molecule has 1 aliphatic heterocycles. The van der Waals surface area contributed by atoms with E-state index in [-0.39, 0.29) is 12.5 Å². The summed E-state index contributed by atoms with van der Waals surface area (Å²) in [6.45, 7) is 2.58. The van der Waals surface area contributed by atoms with Gasteiger partial charge in [-0.2, -0.15) is 5.26 Å². The number of nitriles is 1. The zero-order chi connectivity index (χ0) is 16.7. The van der Waals surface area contributed by atoms with Gasteiger partial charge in [-0.1, -0.05) is 27.7 Å². The molecule has 1 aromatic carbocycles. The summed E-state index contributed by atoms with van der Waals surface area (Å²) in [6, 6.07) is 7.38. The van der Waals surface area contributed by atoms with Gasteiger partial charge in [-0.05, 0) is 30.5 Å². The van der Waals surface area contributed by atoms with E-state index in [2.05, 4.69) is 20.9 Å². The summed E-state index contributed by atoms with van der Waals surface area (Å²) in [5.41, 5.74) is 0. The molecule has 0 spiro atoms. The molecule has 0 aromatic heterocycles. The van der Waals surface area contributed by atoms with Crippen molar-refractivity contribution < 1.29 is 9.53 Å². The monoisotopic (exact) mass is 396 g/mol. The number of carbonyl (C=O) groups is 1. The molecule has 1 aromatic rings. The zero-order valence-electron chi connectivity index (χ0n) is 12.7. The molecule has 8 heteroatoms. The number of hydrogen-bond acceptors (Lipinski definition) is 5. The molecule has 0 N–H and O–H groups in total. The summed E-state index contributed by atoms with van der Waals surface area (Å²) < 4.78 is 6.48. The lowest BCUT2D eigenvalue weighted by Crippen LogP contribution is -2.51. The Labute approximate surface area is 148 Å². The Balaban J connectivity index is 1.80. The highest BCUT2D eigenvalue weighted by molar-refractivity contribution is 9.10. The van der Waals surface area contributed by atoms with E-state index in [0.717, 1.165) is 4.47 Å². The molecule has 0 aliphatic carbocycles. The lowest BCUT2D eigenvalue weighted by atomic mass is 10.3. The van der Waals surface area contributed by atoms with Gasteiger partial charge in [0.2, 0.25) is 6.19 Å². The predicted molar refractivity (Wildman–Crippen MR) is 94.4 cm³/mol. The van der Waals surface area contributed by atoms with Crippen LogP contribution in [-0.2, 0) is 4.79 Å². The molecule has 0 bridgehead atoms. The van der Waals surface area contributed by atoms with Crippen molar-refractivity contribution in [2.45, 2.75) is 0 Å². The number of hydrogen-bond donors (Lipinski definition) is 0. The first-order chi connectivity index (χ1) is 11.1. The molecule has 1 fully saturated rings. The summed E-state index contributed by atoms with van der Waals surface area (Å²) in [6.07, 6.45) is 3.70. The van der Waals surface area contributed by atoms with Crippen molar-refractivity contribution in [3.05, 3.63) is 28.7 Å². The first kappa shape index (κ1) is 17.6. The highest BCUT2D eigenvalue weighted by Gasteiger charge is 2.23. The van der Waals surface area contributed by atoms with E-state index in [4.69, 9.17) is 10.00 Å². The Morgan fingerprint density at radius 3 is 2.48 bits per heavy atom. The van der Waals surface area contributed by atoms with Crippen LogP contribution in [0.1, 0.15) is 0 Å². The standard InChI is InChI=1S/C15H17BrN4O2S/c1-23-15(18-11-17)20-8-6-19(7-9-20)14(21)10-22-13-4-2-12(16)3-5-13/h2-5H,6-10H2,1H3. The molecule has 1 heterocycles. The normalized spacial score (nSPS) is 15.3. The van der Waals surface area contributed by atoms with Crippen molar-refractivity contribution in [1.82, 2.24) is 9.80 Å². The molecule has 0 atom stereocenters. The van der Waals surface area contributed by atoms with Gasteiger partial charge in [0.15, 0.2) is 11.8 Å². The van der Waals surface area contributed by atoms with Crippen LogP contribution in [-0.4, -0.2) is 59.9 Å². The molecular formula is C15H17BrN4O2S. The van der Waals surface area contributed by atoms with Gasteiger partial charge < -0.3 is 14.5 Å². The van der Waals surface area contributed by atoms with E-state index < -0.39 is 0 Å². The molecule has 1 saturated heterocycles. The van der Waals surface area contributed by atoms with E-state index in [0.29, 0.717) is 37.1 Å². The van der Waals surface area contributed by atoms with E-state index in [1.54, 1.807) is 4.90 Å². The Hall–Kier alpha value is -1.72. The number of amides is 1. The fourth-order valence-electron chi connectivity index (χ4n) is 2.20. The third-order valence-corrected chi connectivity index (χ3v) is 4.65. The fourth-order valence-corrected chi connectivity index (χ4v) is 3.04. The van der Waals surface area contributed by atoms with Crippen LogP contribution < -0.4 is 4.74 Å². The van der Waals surface area contributed by atoms with Gasteiger partial charge >= 0.3 is 0 Å². The first-order valence-corrected chi connectivity index (χ1v) is 9.07. The lowest BCUT2D eigenvalue weighted by Gasteiger charge is -2.35. The summed E-state index contributed by atoms with van der Waals surface area (Å²) >= 11 is 4.80. The summed E-state index contributed by atoms with van der Waals surface area (Å²) in [4.78, 5) is 19.8. The molecule has 23 heavy (non-hydrogen) atoms. The van der Waals surface area contributed by atoms with Crippen LogP contribution >= 0.6 is 27.7 Å². The number of amidine groups is 1. The second kappa shape index (κ2) is 8.79. The van der Waals surface area contributed by atoms with Crippen LogP contribution in [0.2, 0.25) is 0 Å². The number of halogens is 1. The van der Waals surface area contributed by atoms with Gasteiger partial charge in [0.25, 0.3) is 5.91 Å². The number of nitrogens with zero attached hydrogens (tertiary/aromatic N) is 4. The fraction of sp³-hybridized carbons (Fsp3) is 0.400. The van der Waals surface area contributed by atoms with Gasteiger partial charge in [0, 0.05) is 30.7 Å². The maximum Gasteiger partial charge on any atom is 0.260 e. The van der Waals surface area contributed by atoms with E-state index >= 15 is 0 Å². The number of carbonyl (C=O) groups excluding carboxylic acids is 1. The predicted octanol–water partition coefficient (Wildman–Crippen LogP) is 2.17. The molecular weight excluding hydrogens is 380 g/mol. The average molecular weight is 397 g/mol. The topological polar surface area (TPSA) is 68.9 Å². The molecule has 1 aliphatic rings. The van der Waals surface area contributed by atoms with E-state index in [9.17, 15) is 4.79 Å². The van der Waals surface area contributed by atoms with Gasteiger partial charge in [-0.3, -0.25) is 4.79 Å². The van der Waals surface area contributed by atoms with Crippen LogP contribution in [0.25, 0.3) is 0 Å². The second-order valence-electron chi connectivity index (χ2n) is 4.81. The molecule has 1 amide bonds. The number of thioether (sulfide) groups is 1. The minimum absolute atomic E-state index is 0.0311. The van der Waals surface area contributed by atoms with Gasteiger partial charge in [0.05, 0.1) is 0 Å². The highest BCUT2D eigenvalue weighted by atomic mass is 79.9. The maximum absolute atomic E-state index is 12.2. The average Bonchev–Trinajstić information content (AvgIpc) is 2.59. The van der Waals surface area contributed by atoms with Gasteiger partial charge in [0.1, 0.15) is 5.75 Å². The van der Waals surface area contributed by atoms with Crippen molar-refractivity contribution in [3.63, 3.8) is 0 Å². The number of benzene rings is 1. The van der Waals surface area contributed by atoms with Crippen LogP contribution in [0.3, 0.4) is 0 Å². The van der Waals surface area contributed by atoms with Crippen molar-refractivity contribution >= 4 is 38.8 Å². The quantitative estimate of drug-likeness (QED) is 0.444. The summed E-state index contributed by atoms with van der Waals surface area (Å²) in [5, 5.41) is 9.37. The van der Waals surface area contributed by atoms with Crippen LogP contribution in [0, 0.1) is 11.5 Å². The van der Waals surface area contributed by atoms with Crippen molar-refractivity contribution in [2.75, 3.05) is 39.0 Å². The summed E-state index contributed by atoms with van der Waals surface area (Å²) in [7, 11) is 0. The minimum Gasteiger partial charge on any atom is -0.484 e. The third kappa shape index (κ3) is 5.15. The number of aliphatic imine (C=N–C) groups is 1. The van der Waals surface area contributed by atoms with Crippen molar-refractivity contribution in [2.24, 2.45) is 4.99 Å². The SMILES string of the molecule is CSC(=NC#N)N1CCN(C(=O)COc2ccc(Br)cc2)CC1. The maximum atomic E-state index is 12.2. The van der Waals surface area contributed by atoms with Crippen molar-refractivity contribution in [1.29, 1.82) is 5.26 Å². The number of ether oxygens (including phenoxy) is 1. The van der Waals surface area contributed by atoms with E-state index in [1.807, 2.05) is 41.6 Å². The zero-order valence-corrected chi connectivity index (χ0v) is 15.1. The molecule has 122 valence electrons. The lowest BCUT2D eigenvalue weighted by molar-refractivity contribution is -0.134. The van der Waals surface area contributed by atoms with Gasteiger partial charge in [-0.25, -0.2) is 0 Å². The number of piperazine rings is 1. The van der Waals surface area contributed by atoms with E-state index in [1.165, 1.54) is 11.8 Å². The summed E-state index contributed by atoms with van der Waals surface area (Å²) in [5.74, 6) is 0.640. The van der Waals surface area contributed by atoms with Crippen LogP contribution in [0.5, 0.6) is 5.75 Å². The Morgan fingerprint density at radius 2 is 1.91 bits per heavy atom. The first-order valence-electron chi connectivity index (χ1n) is 7.06. The minimum atomic E-state index is -0.0320. The Bertz CT molecular complexity index is 607. The smallest absolute Gasteiger partial charge is 0.260 e. The second-order valence-corrected chi connectivity index (χ2v) is 6.50. The molecule has 6 nitrogen and oxygen atoms in total. The largest absolute Gasteiger partial charge is 0.484 e. The molecule has 0 saturated carbocycles. The Kier molecular flexibility index (Phi) is 6.74. The van der Waals surface area contributed by atoms with Gasteiger partial charge in [-0.15, -0.1) is 4.99 Å². The molecule has 2 rings (SSSR count). The third-order valence-electron chi connectivity index (χ3n) is 3.41.